The number of Topliss-reactive ketones (excluding diaryl/α,β-unsaturated/α-hetero) is 1. The summed E-state index contributed by atoms with van der Waals surface area (Å²) >= 11 is 0. The molecule has 0 heterocycles. The molecule has 3 amide bonds. The van der Waals surface area contributed by atoms with Gasteiger partial charge in [-0.05, 0) is 44.7 Å². The monoisotopic (exact) mass is 810 g/mol. The number of carbonyl (C=O) groups excluding carboxylic acids is 4. The van der Waals surface area contributed by atoms with Crippen molar-refractivity contribution in [1.82, 2.24) is 16.0 Å². The van der Waals surface area contributed by atoms with E-state index < -0.39 is 23.1 Å². The summed E-state index contributed by atoms with van der Waals surface area (Å²) in [5.41, 5.74) is 5.00. The topological polar surface area (TPSA) is 294 Å². The van der Waals surface area contributed by atoms with Gasteiger partial charge in [-0.15, -0.1) is 0 Å². The molecule has 0 aliphatic carbocycles. The maximum Gasteiger partial charge on any atom is 0.278 e. The first-order valence-electron chi connectivity index (χ1n) is 17.9. The van der Waals surface area contributed by atoms with Crippen LogP contribution in [0.15, 0.2) is 24.3 Å². The van der Waals surface area contributed by atoms with Gasteiger partial charge in [0.25, 0.3) is 11.4 Å². The number of nitro benzene ring substituents is 2. The molecule has 0 bridgehead atoms. The Balaban J connectivity index is 0.00000115. The van der Waals surface area contributed by atoms with E-state index in [0.717, 1.165) is 0 Å². The van der Waals surface area contributed by atoms with Crippen molar-refractivity contribution in [3.05, 3.63) is 55.6 Å². The van der Waals surface area contributed by atoms with Crippen molar-refractivity contribution in [1.29, 1.82) is 0 Å². The van der Waals surface area contributed by atoms with Gasteiger partial charge in [-0.2, -0.15) is 0 Å². The van der Waals surface area contributed by atoms with Crippen LogP contribution in [0, 0.1) is 26.1 Å². The highest BCUT2D eigenvalue weighted by Gasteiger charge is 2.21. The summed E-state index contributed by atoms with van der Waals surface area (Å²) in [7, 11) is 2.78. The van der Waals surface area contributed by atoms with E-state index in [1.54, 1.807) is 0 Å². The Hall–Kier alpha value is -5.60. The highest BCUT2D eigenvalue weighted by Crippen LogP contribution is 2.36. The van der Waals surface area contributed by atoms with Crippen LogP contribution in [0.3, 0.4) is 0 Å². The van der Waals surface area contributed by atoms with E-state index >= 15 is 0 Å². The second-order valence-electron chi connectivity index (χ2n) is 12.1. The van der Waals surface area contributed by atoms with E-state index in [9.17, 15) is 49.6 Å². The summed E-state index contributed by atoms with van der Waals surface area (Å²) in [4.78, 5) is 67.5. The first-order valence-corrected chi connectivity index (χ1v) is 17.9. The molecule has 57 heavy (non-hydrogen) atoms. The van der Waals surface area contributed by atoms with Crippen LogP contribution in [0.5, 0.6) is 23.0 Å². The Labute approximate surface area is 332 Å². The van der Waals surface area contributed by atoms with E-state index in [1.807, 2.05) is 6.92 Å². The molecule has 0 aliphatic heterocycles. The minimum Gasteiger partial charge on any atom is -0.493 e. The minimum atomic E-state index is -0.615. The fraction of sp³-hybridized carbons (Fsp3) is 0.568. The Morgan fingerprint density at radius 1 is 0.737 bits per heavy atom. The van der Waals surface area contributed by atoms with Crippen LogP contribution in [0.1, 0.15) is 77.3 Å². The SMILES string of the molecule is C.CCC(CCC(C)=O)C(=O)NCCNC(=O)CCCOc1cc([N+](=O)[O-])c(CO)cc1OC.COc1cc(CO)c([N+](=O)[O-])cc1OCCCC(=O)NCCN. The lowest BCUT2D eigenvalue weighted by atomic mass is 9.98. The summed E-state index contributed by atoms with van der Waals surface area (Å²) in [6, 6.07) is 5.10. The Kier molecular flexibility index (Phi) is 25.9. The molecule has 0 fully saturated rings. The molecular weight excluding hydrogens is 752 g/mol. The highest BCUT2D eigenvalue weighted by molar-refractivity contribution is 5.80. The van der Waals surface area contributed by atoms with Gasteiger partial charge in [0.15, 0.2) is 23.0 Å². The number of hydrogen-bond acceptors (Lipinski definition) is 15. The predicted molar refractivity (Wildman–Crippen MR) is 209 cm³/mol. The second-order valence-corrected chi connectivity index (χ2v) is 12.1. The van der Waals surface area contributed by atoms with E-state index in [1.165, 1.54) is 45.4 Å². The van der Waals surface area contributed by atoms with Gasteiger partial charge < -0.3 is 55.6 Å². The molecule has 2 aromatic rings. The molecule has 0 saturated carbocycles. The molecule has 0 spiro atoms. The first kappa shape index (κ1) is 51.4. The molecule has 7 N–H and O–H groups in total. The van der Waals surface area contributed by atoms with E-state index in [2.05, 4.69) is 16.0 Å². The summed E-state index contributed by atoms with van der Waals surface area (Å²) in [6.07, 6.45) is 2.76. The lowest BCUT2D eigenvalue weighted by molar-refractivity contribution is -0.386. The van der Waals surface area contributed by atoms with Gasteiger partial charge in [0.1, 0.15) is 5.78 Å². The highest BCUT2D eigenvalue weighted by atomic mass is 16.6. The zero-order valence-corrected chi connectivity index (χ0v) is 32.3. The van der Waals surface area contributed by atoms with Crippen LogP contribution in [0.2, 0.25) is 0 Å². The average molecular weight is 811 g/mol. The second kappa shape index (κ2) is 28.8. The molecule has 2 aromatic carbocycles. The number of methoxy groups -OCH3 is 2. The summed E-state index contributed by atoms with van der Waals surface area (Å²) in [5.74, 6) is 0.232. The quantitative estimate of drug-likeness (QED) is 0.0452. The van der Waals surface area contributed by atoms with Crippen molar-refractivity contribution in [2.45, 2.75) is 79.4 Å². The van der Waals surface area contributed by atoms with Gasteiger partial charge in [0.05, 0.1) is 73.8 Å². The third-order valence-corrected chi connectivity index (χ3v) is 8.00. The van der Waals surface area contributed by atoms with Crippen LogP contribution < -0.4 is 40.6 Å². The molecule has 0 saturated heterocycles. The number of nitrogens with zero attached hydrogens (tertiary/aromatic N) is 2. The van der Waals surface area contributed by atoms with E-state index in [4.69, 9.17) is 24.7 Å². The van der Waals surface area contributed by atoms with Crippen LogP contribution in [-0.2, 0) is 32.4 Å². The summed E-state index contributed by atoms with van der Waals surface area (Å²) < 4.78 is 21.2. The van der Waals surface area contributed by atoms with Crippen LogP contribution >= 0.6 is 0 Å². The van der Waals surface area contributed by atoms with Crippen molar-refractivity contribution in [3.8, 4) is 23.0 Å². The number of nitrogens with two attached hydrogens (primary N) is 1. The smallest absolute Gasteiger partial charge is 0.278 e. The largest absolute Gasteiger partial charge is 0.493 e. The number of carbonyl (C=O) groups is 4. The standard InChI is InChI=1S/C22H33N3O8.C14H21N3O6.CH4/c1-4-16(8-7-15(2)27)22(29)24-10-9-23-21(28)6-5-11-33-20-13-18(25(30)31)17(14-26)12-19(20)32-3;1-22-12-7-10(9-18)11(17(20)21)8-13(12)23-6-2-3-14(19)16-5-4-15;/h12-13,16,26H,4-11,14H2,1-3H3,(H,23,28)(H,24,29);7-8,18H,2-6,9,15H2,1H3,(H,16,19);1H4. The van der Waals surface area contributed by atoms with Crippen molar-refractivity contribution >= 4 is 34.9 Å². The number of ether oxygens (including phenoxy) is 4. The lowest BCUT2D eigenvalue weighted by Crippen LogP contribution is -2.37. The Morgan fingerprint density at radius 2 is 1.18 bits per heavy atom. The molecule has 20 heteroatoms. The van der Waals surface area contributed by atoms with Crippen molar-refractivity contribution in [2.24, 2.45) is 11.7 Å². The number of ketones is 1. The lowest BCUT2D eigenvalue weighted by Gasteiger charge is -2.14. The number of aliphatic hydroxyl groups excluding tert-OH is 2. The molecule has 1 atom stereocenters. The Bertz CT molecular complexity index is 1610. The van der Waals surface area contributed by atoms with E-state index in [0.29, 0.717) is 45.2 Å². The molecule has 2 rings (SSSR count). The van der Waals surface area contributed by atoms with Crippen molar-refractivity contribution < 1.29 is 58.2 Å². The molecule has 0 aliphatic rings. The number of nitrogens with one attached hydrogen (secondary N) is 3. The number of rotatable bonds is 26. The number of aliphatic hydroxyl groups is 2. The number of nitro groups is 2. The number of amides is 3. The molecular formula is C37H58N6O14. The van der Waals surface area contributed by atoms with Crippen LogP contribution in [0.25, 0.3) is 0 Å². The van der Waals surface area contributed by atoms with Gasteiger partial charge >= 0.3 is 0 Å². The third-order valence-electron chi connectivity index (χ3n) is 8.00. The zero-order chi connectivity index (χ0) is 42.0. The average Bonchev–Trinajstić information content (AvgIpc) is 3.18. The first-order chi connectivity index (χ1) is 26.8. The van der Waals surface area contributed by atoms with Gasteiger partial charge in [-0.1, -0.05) is 14.4 Å². The van der Waals surface area contributed by atoms with Crippen LogP contribution in [0.4, 0.5) is 11.4 Å². The van der Waals surface area contributed by atoms with Crippen LogP contribution in [-0.4, -0.2) is 97.2 Å². The minimum absolute atomic E-state index is 0. The van der Waals surface area contributed by atoms with Gasteiger partial charge in [0.2, 0.25) is 17.7 Å². The number of benzene rings is 2. The molecule has 320 valence electrons. The third kappa shape index (κ3) is 19.2. The predicted octanol–water partition coefficient (Wildman–Crippen LogP) is 2.85. The molecule has 0 aromatic heterocycles. The van der Waals surface area contributed by atoms with Crippen molar-refractivity contribution in [3.63, 3.8) is 0 Å². The maximum atomic E-state index is 12.1. The van der Waals surface area contributed by atoms with Gasteiger partial charge in [-0.25, -0.2) is 0 Å². The zero-order valence-electron chi connectivity index (χ0n) is 32.3. The maximum absolute atomic E-state index is 12.1. The molecule has 1 unspecified atom stereocenters. The Morgan fingerprint density at radius 3 is 1.54 bits per heavy atom. The van der Waals surface area contributed by atoms with E-state index in [-0.39, 0.29) is 121 Å². The summed E-state index contributed by atoms with van der Waals surface area (Å²) in [6.45, 7) is 4.09. The number of hydrogen-bond donors (Lipinski definition) is 6. The fourth-order valence-corrected chi connectivity index (χ4v) is 4.97. The fourth-order valence-electron chi connectivity index (χ4n) is 4.97. The molecule has 20 nitrogen and oxygen atoms in total. The van der Waals surface area contributed by atoms with Gasteiger partial charge in [0, 0.05) is 51.4 Å². The summed E-state index contributed by atoms with van der Waals surface area (Å²) in [5, 5.41) is 48.7. The van der Waals surface area contributed by atoms with Crippen molar-refractivity contribution in [2.75, 3.05) is 53.6 Å². The normalized spacial score (nSPS) is 10.7. The molecule has 0 radical (unpaired) electrons. The van der Waals surface area contributed by atoms with Gasteiger partial charge in [-0.3, -0.25) is 34.6 Å².